The molecule has 0 bridgehead atoms. The van der Waals surface area contributed by atoms with Crippen molar-refractivity contribution in [3.8, 4) is 34.0 Å². The summed E-state index contributed by atoms with van der Waals surface area (Å²) in [5, 5.41) is 9.37. The van der Waals surface area contributed by atoms with Crippen LogP contribution in [-0.4, -0.2) is 42.0 Å². The second-order valence-corrected chi connectivity index (χ2v) is 12.5. The van der Waals surface area contributed by atoms with Crippen LogP contribution in [0.1, 0.15) is 36.6 Å². The largest absolute Gasteiger partial charge is 0.367 e. The summed E-state index contributed by atoms with van der Waals surface area (Å²) in [6, 6.07) is 31.9. The number of hydrogen-bond acceptors (Lipinski definition) is 6. The molecule has 1 aliphatic rings. The maximum absolute atomic E-state index is 5.04. The summed E-state index contributed by atoms with van der Waals surface area (Å²) in [5.74, 6) is 3.14. The van der Waals surface area contributed by atoms with E-state index in [-0.39, 0.29) is 6.04 Å². The van der Waals surface area contributed by atoms with Crippen LogP contribution in [0, 0.1) is 13.8 Å². The van der Waals surface area contributed by atoms with Gasteiger partial charge in [-0.2, -0.15) is 0 Å². The fourth-order valence-electron chi connectivity index (χ4n) is 6.05. The highest BCUT2D eigenvalue weighted by Crippen LogP contribution is 2.33. The Hall–Kier alpha value is -5.50. The molecule has 1 unspecified atom stereocenters. The van der Waals surface area contributed by atoms with Gasteiger partial charge >= 0.3 is 0 Å². The molecular formula is C38H36N8. The van der Waals surface area contributed by atoms with Crippen LogP contribution < -0.4 is 10.6 Å². The highest BCUT2D eigenvalue weighted by Gasteiger charge is 2.24. The first kappa shape index (κ1) is 28.0. The predicted octanol–water partition coefficient (Wildman–Crippen LogP) is 8.46. The van der Waals surface area contributed by atoms with Crippen molar-refractivity contribution in [2.24, 2.45) is 0 Å². The number of rotatable bonds is 9. The van der Waals surface area contributed by atoms with Crippen LogP contribution in [0.5, 0.6) is 0 Å². The SMILES string of the molecule is Cc1cc2c(NC3CC3)nc(-c3ccc(C)c(CC(C)Nc4nc(-c5ccccc5)nc5[nH]c(-c6ccccc6)cc45)c3)nc2[nH]1. The molecule has 0 amide bonds. The maximum atomic E-state index is 5.04. The van der Waals surface area contributed by atoms with E-state index in [1.165, 1.54) is 24.0 Å². The lowest BCUT2D eigenvalue weighted by molar-refractivity contribution is 0.782. The molecule has 46 heavy (non-hydrogen) atoms. The Bertz CT molecular complexity index is 2180. The van der Waals surface area contributed by atoms with E-state index < -0.39 is 0 Å². The van der Waals surface area contributed by atoms with Crippen molar-refractivity contribution in [3.05, 3.63) is 108 Å². The Labute approximate surface area is 267 Å². The van der Waals surface area contributed by atoms with Gasteiger partial charge in [-0.05, 0) is 74.9 Å². The topological polar surface area (TPSA) is 107 Å². The van der Waals surface area contributed by atoms with Gasteiger partial charge in [0.05, 0.1) is 10.8 Å². The summed E-state index contributed by atoms with van der Waals surface area (Å²) in [6.45, 7) is 6.43. The Morgan fingerprint density at radius 1 is 0.696 bits per heavy atom. The smallest absolute Gasteiger partial charge is 0.163 e. The molecule has 0 radical (unpaired) electrons. The second-order valence-electron chi connectivity index (χ2n) is 12.5. The van der Waals surface area contributed by atoms with Gasteiger partial charge in [0.15, 0.2) is 11.6 Å². The van der Waals surface area contributed by atoms with E-state index in [2.05, 4.69) is 83.8 Å². The molecule has 0 aliphatic heterocycles. The third-order valence-electron chi connectivity index (χ3n) is 8.66. The summed E-state index contributed by atoms with van der Waals surface area (Å²) in [4.78, 5) is 26.9. The Balaban J connectivity index is 1.12. The zero-order chi connectivity index (χ0) is 31.2. The van der Waals surface area contributed by atoms with Crippen LogP contribution in [0.3, 0.4) is 0 Å². The van der Waals surface area contributed by atoms with E-state index in [9.17, 15) is 0 Å². The molecule has 0 saturated heterocycles. The lowest BCUT2D eigenvalue weighted by Crippen LogP contribution is -2.20. The van der Waals surface area contributed by atoms with Gasteiger partial charge < -0.3 is 20.6 Å². The van der Waals surface area contributed by atoms with Crippen LogP contribution in [0.15, 0.2) is 91.0 Å². The summed E-state index contributed by atoms with van der Waals surface area (Å²) >= 11 is 0. The molecular weight excluding hydrogens is 568 g/mol. The van der Waals surface area contributed by atoms with Crippen molar-refractivity contribution in [2.45, 2.75) is 52.1 Å². The normalized spacial score (nSPS) is 13.7. The predicted molar refractivity (Wildman–Crippen MR) is 187 cm³/mol. The van der Waals surface area contributed by atoms with Crippen molar-refractivity contribution in [2.75, 3.05) is 10.6 Å². The fraction of sp³-hybridized carbons (Fsp3) is 0.211. The molecule has 228 valence electrons. The molecule has 8 nitrogen and oxygen atoms in total. The number of nitrogens with zero attached hydrogens (tertiary/aromatic N) is 4. The quantitative estimate of drug-likeness (QED) is 0.132. The minimum absolute atomic E-state index is 0.0901. The first-order valence-electron chi connectivity index (χ1n) is 16.0. The molecule has 3 aromatic carbocycles. The van der Waals surface area contributed by atoms with Crippen molar-refractivity contribution >= 4 is 33.7 Å². The number of aromatic amines is 2. The first-order chi connectivity index (χ1) is 22.5. The summed E-state index contributed by atoms with van der Waals surface area (Å²) in [7, 11) is 0. The summed E-state index contributed by atoms with van der Waals surface area (Å²) < 4.78 is 0. The minimum atomic E-state index is 0.0901. The average molecular weight is 605 g/mol. The van der Waals surface area contributed by atoms with Gasteiger partial charge in [-0.3, -0.25) is 0 Å². The van der Waals surface area contributed by atoms with E-state index in [4.69, 9.17) is 19.9 Å². The molecule has 4 heterocycles. The third kappa shape index (κ3) is 5.58. The lowest BCUT2D eigenvalue weighted by atomic mass is 9.98. The summed E-state index contributed by atoms with van der Waals surface area (Å²) in [5.41, 5.74) is 9.34. The Morgan fingerprint density at radius 3 is 2.09 bits per heavy atom. The molecule has 7 aromatic rings. The molecule has 8 rings (SSSR count). The number of benzene rings is 3. The number of nitrogens with one attached hydrogen (secondary N) is 4. The van der Waals surface area contributed by atoms with Crippen LogP contribution in [0.4, 0.5) is 11.6 Å². The highest BCUT2D eigenvalue weighted by atomic mass is 15.1. The highest BCUT2D eigenvalue weighted by molar-refractivity contribution is 5.93. The van der Waals surface area contributed by atoms with E-state index in [0.717, 1.165) is 74.0 Å². The maximum Gasteiger partial charge on any atom is 0.163 e. The van der Waals surface area contributed by atoms with Gasteiger partial charge in [0, 0.05) is 34.6 Å². The van der Waals surface area contributed by atoms with Gasteiger partial charge in [-0.1, -0.05) is 72.8 Å². The zero-order valence-electron chi connectivity index (χ0n) is 26.2. The molecule has 1 aliphatic carbocycles. The van der Waals surface area contributed by atoms with Crippen LogP contribution in [0.2, 0.25) is 0 Å². The molecule has 1 saturated carbocycles. The number of fused-ring (bicyclic) bond motifs is 2. The van der Waals surface area contributed by atoms with Crippen LogP contribution in [-0.2, 0) is 6.42 Å². The van der Waals surface area contributed by atoms with Crippen molar-refractivity contribution in [3.63, 3.8) is 0 Å². The lowest BCUT2D eigenvalue weighted by Gasteiger charge is -2.18. The number of aryl methyl sites for hydroxylation is 2. The second kappa shape index (κ2) is 11.5. The zero-order valence-corrected chi connectivity index (χ0v) is 26.2. The van der Waals surface area contributed by atoms with Crippen molar-refractivity contribution in [1.29, 1.82) is 0 Å². The van der Waals surface area contributed by atoms with Gasteiger partial charge in [0.2, 0.25) is 0 Å². The van der Waals surface area contributed by atoms with Gasteiger partial charge in [-0.25, -0.2) is 19.9 Å². The Kier molecular flexibility index (Phi) is 6.97. The number of hydrogen-bond donors (Lipinski definition) is 4. The van der Waals surface area contributed by atoms with Crippen LogP contribution in [0.25, 0.3) is 56.1 Å². The summed E-state index contributed by atoms with van der Waals surface area (Å²) in [6.07, 6.45) is 3.18. The van der Waals surface area contributed by atoms with E-state index in [1.807, 2.05) is 48.5 Å². The average Bonchev–Trinajstić information content (AvgIpc) is 3.63. The molecule has 1 fully saturated rings. The Morgan fingerprint density at radius 2 is 1.35 bits per heavy atom. The van der Waals surface area contributed by atoms with E-state index in [0.29, 0.717) is 11.9 Å². The fourth-order valence-corrected chi connectivity index (χ4v) is 6.05. The van der Waals surface area contributed by atoms with Gasteiger partial charge in [0.1, 0.15) is 22.9 Å². The third-order valence-corrected chi connectivity index (χ3v) is 8.66. The minimum Gasteiger partial charge on any atom is -0.367 e. The molecule has 0 spiro atoms. The first-order valence-corrected chi connectivity index (χ1v) is 16.0. The molecule has 1 atom stereocenters. The standard InChI is InChI=1S/C38H36N8/c1-22-14-15-27(34-45-35-30(19-24(3)40-35)37(46-34)41-29-16-17-29)20-28(22)18-23(2)39-36-31-21-32(25-10-6-4-7-11-25)42-38(31)44-33(43-36)26-12-8-5-9-13-26/h4-15,19-21,23,29H,16-18H2,1-3H3,(H2,39,42,43,44)(H2,40,41,45,46). The monoisotopic (exact) mass is 604 g/mol. The van der Waals surface area contributed by atoms with Crippen LogP contribution >= 0.6 is 0 Å². The molecule has 8 heteroatoms. The number of anilines is 2. The van der Waals surface area contributed by atoms with E-state index in [1.54, 1.807) is 0 Å². The molecule has 4 N–H and O–H groups in total. The molecule has 4 aromatic heterocycles. The van der Waals surface area contributed by atoms with Gasteiger partial charge in [0.25, 0.3) is 0 Å². The van der Waals surface area contributed by atoms with Crippen molar-refractivity contribution < 1.29 is 0 Å². The van der Waals surface area contributed by atoms with Crippen molar-refractivity contribution in [1.82, 2.24) is 29.9 Å². The van der Waals surface area contributed by atoms with Gasteiger partial charge in [-0.15, -0.1) is 0 Å². The number of H-pyrrole nitrogens is 2. The number of aromatic nitrogens is 6. The van der Waals surface area contributed by atoms with E-state index >= 15 is 0 Å².